The summed E-state index contributed by atoms with van der Waals surface area (Å²) in [7, 11) is 0. The van der Waals surface area contributed by atoms with Gasteiger partial charge in [0.05, 0.1) is 32.1 Å². The van der Waals surface area contributed by atoms with Gasteiger partial charge in [-0.15, -0.1) is 0 Å². The van der Waals surface area contributed by atoms with Gasteiger partial charge in [0.1, 0.15) is 12.3 Å². The summed E-state index contributed by atoms with van der Waals surface area (Å²) in [4.78, 5) is 33.3. The highest BCUT2D eigenvalue weighted by molar-refractivity contribution is 6.00. The average Bonchev–Trinajstić information content (AvgIpc) is 3.67. The van der Waals surface area contributed by atoms with Crippen LogP contribution in [-0.4, -0.2) is 91.7 Å². The van der Waals surface area contributed by atoms with Crippen LogP contribution in [-0.2, 0) is 20.8 Å². The number of ether oxygens (including phenoxy) is 2. The van der Waals surface area contributed by atoms with Crippen LogP contribution in [0.3, 0.4) is 0 Å². The number of morpholine rings is 1. The SMILES string of the molecule is O=C(CN(CCCN1CCOCC1)C(=O)c1ccc2ccccc2c1)N(Cc1ccco1)CC1CCCO1. The van der Waals surface area contributed by atoms with Crippen LogP contribution in [0.5, 0.6) is 0 Å². The molecule has 3 heterocycles. The summed E-state index contributed by atoms with van der Waals surface area (Å²) >= 11 is 0. The van der Waals surface area contributed by atoms with Crippen molar-refractivity contribution in [2.75, 3.05) is 59.1 Å². The third-order valence-corrected chi connectivity index (χ3v) is 7.34. The fourth-order valence-corrected chi connectivity index (χ4v) is 5.21. The van der Waals surface area contributed by atoms with Gasteiger partial charge < -0.3 is 23.7 Å². The van der Waals surface area contributed by atoms with Crippen molar-refractivity contribution in [3.05, 3.63) is 72.2 Å². The minimum atomic E-state index is -0.124. The lowest BCUT2D eigenvalue weighted by Crippen LogP contribution is -2.46. The number of furan rings is 1. The second kappa shape index (κ2) is 13.0. The predicted molar refractivity (Wildman–Crippen MR) is 145 cm³/mol. The Bertz CT molecular complexity index is 1190. The monoisotopic (exact) mass is 519 g/mol. The van der Waals surface area contributed by atoms with Crippen LogP contribution in [0.15, 0.2) is 65.3 Å². The lowest BCUT2D eigenvalue weighted by Gasteiger charge is -2.30. The Balaban J connectivity index is 1.31. The molecule has 1 unspecified atom stereocenters. The predicted octanol–water partition coefficient (Wildman–Crippen LogP) is 3.81. The molecule has 8 nitrogen and oxygen atoms in total. The van der Waals surface area contributed by atoms with E-state index in [0.717, 1.165) is 75.3 Å². The van der Waals surface area contributed by atoms with Crippen molar-refractivity contribution in [3.63, 3.8) is 0 Å². The first kappa shape index (κ1) is 26.4. The van der Waals surface area contributed by atoms with E-state index in [1.807, 2.05) is 54.6 Å². The minimum absolute atomic E-state index is 0.0138. The van der Waals surface area contributed by atoms with Crippen molar-refractivity contribution in [2.24, 2.45) is 0 Å². The molecule has 2 fully saturated rings. The summed E-state index contributed by atoms with van der Waals surface area (Å²) in [5, 5.41) is 2.09. The first-order valence-electron chi connectivity index (χ1n) is 13.7. The van der Waals surface area contributed by atoms with Crippen LogP contribution >= 0.6 is 0 Å². The van der Waals surface area contributed by atoms with E-state index in [4.69, 9.17) is 13.9 Å². The molecule has 2 aliphatic rings. The van der Waals surface area contributed by atoms with Crippen molar-refractivity contribution < 1.29 is 23.5 Å². The van der Waals surface area contributed by atoms with Gasteiger partial charge in [-0.3, -0.25) is 14.5 Å². The zero-order chi connectivity index (χ0) is 26.2. The molecule has 1 aromatic heterocycles. The molecule has 5 rings (SSSR count). The molecule has 2 aliphatic heterocycles. The second-order valence-electron chi connectivity index (χ2n) is 10.1. The molecule has 3 aromatic rings. The van der Waals surface area contributed by atoms with Crippen LogP contribution in [0.1, 0.15) is 35.4 Å². The average molecular weight is 520 g/mol. The van der Waals surface area contributed by atoms with Gasteiger partial charge in [-0.2, -0.15) is 0 Å². The summed E-state index contributed by atoms with van der Waals surface area (Å²) in [5.74, 6) is 0.495. The van der Waals surface area contributed by atoms with Gasteiger partial charge in [0.2, 0.25) is 5.91 Å². The molecule has 0 spiro atoms. The van der Waals surface area contributed by atoms with E-state index in [9.17, 15) is 9.59 Å². The zero-order valence-electron chi connectivity index (χ0n) is 21.9. The molecule has 1 atom stereocenters. The standard InChI is InChI=1S/C30H37N3O5/c34-29(33(21-27-8-3-16-37-27)22-28-9-4-17-38-28)23-32(13-5-12-31-14-18-36-19-15-31)30(35)26-11-10-24-6-1-2-7-25(24)20-26/h1-3,6-8,10-11,16,20,28H,4-5,9,12-15,17-19,21-23H2. The van der Waals surface area contributed by atoms with Crippen LogP contribution in [0, 0.1) is 0 Å². The molecule has 38 heavy (non-hydrogen) atoms. The topological polar surface area (TPSA) is 75.5 Å². The Morgan fingerprint density at radius 3 is 2.55 bits per heavy atom. The molecule has 2 amide bonds. The molecule has 202 valence electrons. The Morgan fingerprint density at radius 1 is 0.947 bits per heavy atom. The van der Waals surface area contributed by atoms with Gasteiger partial charge >= 0.3 is 0 Å². The van der Waals surface area contributed by atoms with E-state index in [1.165, 1.54) is 0 Å². The molecule has 8 heteroatoms. The van der Waals surface area contributed by atoms with Crippen molar-refractivity contribution in [2.45, 2.75) is 31.9 Å². The summed E-state index contributed by atoms with van der Waals surface area (Å²) in [6.45, 7) is 6.24. The highest BCUT2D eigenvalue weighted by Crippen LogP contribution is 2.19. The molecular weight excluding hydrogens is 482 g/mol. The molecule has 0 radical (unpaired) electrons. The zero-order valence-corrected chi connectivity index (χ0v) is 21.9. The number of carbonyl (C=O) groups excluding carboxylic acids is 2. The quantitative estimate of drug-likeness (QED) is 0.384. The lowest BCUT2D eigenvalue weighted by atomic mass is 10.1. The third kappa shape index (κ3) is 7.01. The van der Waals surface area contributed by atoms with Crippen LogP contribution < -0.4 is 0 Å². The maximum absolute atomic E-state index is 13.8. The van der Waals surface area contributed by atoms with Gasteiger partial charge in [0.25, 0.3) is 5.91 Å². The fraction of sp³-hybridized carbons (Fsp3) is 0.467. The fourth-order valence-electron chi connectivity index (χ4n) is 5.21. The maximum atomic E-state index is 13.8. The first-order chi connectivity index (χ1) is 18.7. The first-order valence-corrected chi connectivity index (χ1v) is 13.7. The van der Waals surface area contributed by atoms with Crippen LogP contribution in [0.25, 0.3) is 10.8 Å². The number of carbonyl (C=O) groups is 2. The molecule has 0 bridgehead atoms. The number of benzene rings is 2. The molecule has 0 aliphatic carbocycles. The van der Waals surface area contributed by atoms with E-state index in [2.05, 4.69) is 4.90 Å². The van der Waals surface area contributed by atoms with Gasteiger partial charge in [-0.1, -0.05) is 30.3 Å². The third-order valence-electron chi connectivity index (χ3n) is 7.34. The summed E-state index contributed by atoms with van der Waals surface area (Å²) < 4.78 is 16.8. The van der Waals surface area contributed by atoms with Gasteiger partial charge in [0, 0.05) is 44.9 Å². The number of rotatable bonds is 11. The van der Waals surface area contributed by atoms with E-state index in [0.29, 0.717) is 25.2 Å². The van der Waals surface area contributed by atoms with E-state index >= 15 is 0 Å². The van der Waals surface area contributed by atoms with Crippen molar-refractivity contribution in [1.82, 2.24) is 14.7 Å². The number of fused-ring (bicyclic) bond motifs is 1. The van der Waals surface area contributed by atoms with E-state index < -0.39 is 0 Å². The lowest BCUT2D eigenvalue weighted by molar-refractivity contribution is -0.134. The van der Waals surface area contributed by atoms with Crippen LogP contribution in [0.4, 0.5) is 0 Å². The van der Waals surface area contributed by atoms with Crippen molar-refractivity contribution >= 4 is 22.6 Å². The number of hydrogen-bond donors (Lipinski definition) is 0. The largest absolute Gasteiger partial charge is 0.467 e. The van der Waals surface area contributed by atoms with E-state index in [-0.39, 0.29) is 24.5 Å². The molecule has 2 saturated heterocycles. The van der Waals surface area contributed by atoms with Crippen LogP contribution in [0.2, 0.25) is 0 Å². The highest BCUT2D eigenvalue weighted by atomic mass is 16.5. The highest BCUT2D eigenvalue weighted by Gasteiger charge is 2.27. The van der Waals surface area contributed by atoms with Gasteiger partial charge in [0.15, 0.2) is 0 Å². The van der Waals surface area contributed by atoms with Crippen molar-refractivity contribution in [1.29, 1.82) is 0 Å². The summed E-state index contributed by atoms with van der Waals surface area (Å²) in [5.41, 5.74) is 0.597. The Kier molecular flexibility index (Phi) is 9.06. The molecule has 0 N–H and O–H groups in total. The maximum Gasteiger partial charge on any atom is 0.254 e. The Labute approximate surface area is 224 Å². The number of amides is 2. The minimum Gasteiger partial charge on any atom is -0.467 e. The summed E-state index contributed by atoms with van der Waals surface area (Å²) in [6, 6.07) is 17.4. The second-order valence-corrected chi connectivity index (χ2v) is 10.1. The smallest absolute Gasteiger partial charge is 0.254 e. The van der Waals surface area contributed by atoms with Gasteiger partial charge in [-0.25, -0.2) is 0 Å². The van der Waals surface area contributed by atoms with Crippen molar-refractivity contribution in [3.8, 4) is 0 Å². The van der Waals surface area contributed by atoms with Gasteiger partial charge in [-0.05, 0) is 54.3 Å². The van der Waals surface area contributed by atoms with E-state index in [1.54, 1.807) is 16.1 Å². The molecular formula is C30H37N3O5. The number of nitrogens with zero attached hydrogens (tertiary/aromatic N) is 3. The number of hydrogen-bond acceptors (Lipinski definition) is 6. The summed E-state index contributed by atoms with van der Waals surface area (Å²) in [6.07, 6.45) is 4.35. The Hall–Kier alpha value is -3.20. The molecule has 2 aromatic carbocycles. The normalized spacial score (nSPS) is 18.1. The molecule has 0 saturated carbocycles. The Morgan fingerprint density at radius 2 is 1.79 bits per heavy atom.